The number of alkyl halides is 2. The number of hydrogen-bond donors (Lipinski definition) is 2. The number of nitrogens with one attached hydrogen (secondary N) is 1. The van der Waals surface area contributed by atoms with Crippen LogP contribution in [0.5, 0.6) is 0 Å². The van der Waals surface area contributed by atoms with Crippen molar-refractivity contribution in [2.24, 2.45) is 0 Å². The first-order valence-corrected chi connectivity index (χ1v) is 4.93. The average molecular weight is 237 g/mol. The van der Waals surface area contributed by atoms with Crippen LogP contribution < -0.4 is 5.32 Å². The molecule has 1 unspecified atom stereocenters. The van der Waals surface area contributed by atoms with Crippen LogP contribution in [-0.4, -0.2) is 41.7 Å². The van der Waals surface area contributed by atoms with Gasteiger partial charge in [-0.25, -0.2) is 4.79 Å². The molecule has 5 nitrogen and oxygen atoms in total. The van der Waals surface area contributed by atoms with Crippen LogP contribution in [0.25, 0.3) is 0 Å². The van der Waals surface area contributed by atoms with E-state index in [0.29, 0.717) is 0 Å². The Labute approximate surface area is 90.8 Å². The normalized spacial score (nSPS) is 25.4. The first-order chi connectivity index (χ1) is 7.39. The van der Waals surface area contributed by atoms with Crippen LogP contribution in [-0.2, 0) is 14.3 Å². The quantitative estimate of drug-likeness (QED) is 0.692. The van der Waals surface area contributed by atoms with E-state index < -0.39 is 29.9 Å². The summed E-state index contributed by atoms with van der Waals surface area (Å²) in [4.78, 5) is 21.5. The Balaban J connectivity index is 2.64. The zero-order valence-corrected chi connectivity index (χ0v) is 8.70. The molecule has 0 saturated carbocycles. The van der Waals surface area contributed by atoms with Crippen LogP contribution in [0.2, 0.25) is 0 Å². The second kappa shape index (κ2) is 4.73. The number of rotatable bonds is 4. The summed E-state index contributed by atoms with van der Waals surface area (Å²) in [5.41, 5.74) is 0. The second-order valence-corrected chi connectivity index (χ2v) is 3.53. The number of halogens is 2. The molecule has 0 aromatic heterocycles. The Morgan fingerprint density at radius 2 is 2.12 bits per heavy atom. The van der Waals surface area contributed by atoms with Gasteiger partial charge in [0.2, 0.25) is 0 Å². The molecule has 2 atom stereocenters. The van der Waals surface area contributed by atoms with Gasteiger partial charge in [0.15, 0.2) is 0 Å². The van der Waals surface area contributed by atoms with Gasteiger partial charge < -0.3 is 9.84 Å². The number of ether oxygens (including phenoxy) is 1. The van der Waals surface area contributed by atoms with E-state index in [1.54, 1.807) is 0 Å². The van der Waals surface area contributed by atoms with Crippen LogP contribution in [0.3, 0.4) is 0 Å². The lowest BCUT2D eigenvalue weighted by molar-refractivity contribution is -0.175. The summed E-state index contributed by atoms with van der Waals surface area (Å²) in [5, 5.41) is 10.8. The van der Waals surface area contributed by atoms with Gasteiger partial charge in [0.1, 0.15) is 6.04 Å². The molecule has 0 aromatic carbocycles. The van der Waals surface area contributed by atoms with Crippen molar-refractivity contribution >= 4 is 11.9 Å². The highest BCUT2D eigenvalue weighted by molar-refractivity contribution is 5.79. The summed E-state index contributed by atoms with van der Waals surface area (Å²) in [6, 6.07) is -2.49. The minimum atomic E-state index is -3.68. The van der Waals surface area contributed by atoms with Gasteiger partial charge in [0.05, 0.1) is 12.6 Å². The summed E-state index contributed by atoms with van der Waals surface area (Å²) < 4.78 is 31.1. The van der Waals surface area contributed by atoms with Crippen molar-refractivity contribution in [1.29, 1.82) is 0 Å². The SMILES string of the molecule is CCOC(=O)C(F)(F)C1CC[C@H](C(=O)O)N1. The highest BCUT2D eigenvalue weighted by Crippen LogP contribution is 2.28. The number of carboxylic acid groups (broad SMARTS) is 1. The van der Waals surface area contributed by atoms with E-state index >= 15 is 0 Å². The molecule has 1 saturated heterocycles. The van der Waals surface area contributed by atoms with Gasteiger partial charge in [0.25, 0.3) is 0 Å². The van der Waals surface area contributed by atoms with E-state index in [1.165, 1.54) is 6.92 Å². The van der Waals surface area contributed by atoms with Crippen LogP contribution in [0.1, 0.15) is 19.8 Å². The molecule has 92 valence electrons. The first-order valence-electron chi connectivity index (χ1n) is 4.93. The number of hydrogen-bond acceptors (Lipinski definition) is 4. The molecule has 0 aromatic rings. The van der Waals surface area contributed by atoms with Gasteiger partial charge in [-0.15, -0.1) is 0 Å². The average Bonchev–Trinajstić information content (AvgIpc) is 2.67. The molecule has 16 heavy (non-hydrogen) atoms. The predicted molar refractivity (Wildman–Crippen MR) is 49.2 cm³/mol. The van der Waals surface area contributed by atoms with Crippen LogP contribution >= 0.6 is 0 Å². The maximum Gasteiger partial charge on any atom is 0.378 e. The van der Waals surface area contributed by atoms with Gasteiger partial charge in [0, 0.05) is 0 Å². The van der Waals surface area contributed by atoms with E-state index in [1.807, 2.05) is 0 Å². The molecule has 1 rings (SSSR count). The Hall–Kier alpha value is -1.24. The third kappa shape index (κ3) is 2.46. The van der Waals surface area contributed by atoms with Crippen molar-refractivity contribution in [3.05, 3.63) is 0 Å². The molecule has 0 spiro atoms. The molecular weight excluding hydrogens is 224 g/mol. The lowest BCUT2D eigenvalue weighted by Crippen LogP contribution is -2.50. The Morgan fingerprint density at radius 3 is 2.56 bits per heavy atom. The summed E-state index contributed by atoms with van der Waals surface area (Å²) in [6.07, 6.45) is 0.0117. The van der Waals surface area contributed by atoms with Crippen LogP contribution in [0, 0.1) is 0 Å². The largest absolute Gasteiger partial charge is 0.480 e. The van der Waals surface area contributed by atoms with E-state index in [-0.39, 0.29) is 19.4 Å². The smallest absolute Gasteiger partial charge is 0.378 e. The molecule has 1 heterocycles. The number of carbonyl (C=O) groups is 2. The third-order valence-corrected chi connectivity index (χ3v) is 2.43. The predicted octanol–water partition coefficient (Wildman–Crippen LogP) is 0.390. The molecule has 1 aliphatic rings. The highest BCUT2D eigenvalue weighted by atomic mass is 19.3. The second-order valence-electron chi connectivity index (χ2n) is 3.53. The molecule has 0 aliphatic carbocycles. The maximum absolute atomic E-state index is 13.4. The van der Waals surface area contributed by atoms with Gasteiger partial charge >= 0.3 is 17.9 Å². The molecule has 0 amide bonds. The van der Waals surface area contributed by atoms with Crippen molar-refractivity contribution < 1.29 is 28.2 Å². The number of carbonyl (C=O) groups excluding carboxylic acids is 1. The fraction of sp³-hybridized carbons (Fsp3) is 0.778. The van der Waals surface area contributed by atoms with Crippen molar-refractivity contribution in [3.63, 3.8) is 0 Å². The van der Waals surface area contributed by atoms with Crippen molar-refractivity contribution in [2.75, 3.05) is 6.61 Å². The van der Waals surface area contributed by atoms with Crippen LogP contribution in [0.4, 0.5) is 8.78 Å². The molecule has 2 N–H and O–H groups in total. The van der Waals surface area contributed by atoms with E-state index in [4.69, 9.17) is 5.11 Å². The van der Waals surface area contributed by atoms with Crippen molar-refractivity contribution in [2.45, 2.75) is 37.8 Å². The van der Waals surface area contributed by atoms with Crippen molar-refractivity contribution in [3.8, 4) is 0 Å². The minimum Gasteiger partial charge on any atom is -0.480 e. The lowest BCUT2D eigenvalue weighted by Gasteiger charge is -2.21. The van der Waals surface area contributed by atoms with Gasteiger partial charge in [-0.2, -0.15) is 8.78 Å². The maximum atomic E-state index is 13.4. The fourth-order valence-electron chi connectivity index (χ4n) is 1.59. The molecule has 1 fully saturated rings. The Bertz CT molecular complexity index is 295. The van der Waals surface area contributed by atoms with Gasteiger partial charge in [-0.05, 0) is 19.8 Å². The standard InChI is InChI=1S/C9H13F2NO4/c1-2-16-8(15)9(10,11)6-4-3-5(12-6)7(13)14/h5-6,12H,2-4H2,1H3,(H,13,14)/t5-,6?/m1/s1. The van der Waals surface area contributed by atoms with Crippen molar-refractivity contribution in [1.82, 2.24) is 5.32 Å². The Kier molecular flexibility index (Phi) is 3.79. The lowest BCUT2D eigenvalue weighted by atomic mass is 10.1. The third-order valence-electron chi connectivity index (χ3n) is 2.43. The topological polar surface area (TPSA) is 75.6 Å². The van der Waals surface area contributed by atoms with Gasteiger partial charge in [-0.3, -0.25) is 10.1 Å². The molecule has 0 bridgehead atoms. The molecular formula is C9H13F2NO4. The molecule has 1 aliphatic heterocycles. The number of aliphatic carboxylic acids is 1. The van der Waals surface area contributed by atoms with E-state index in [9.17, 15) is 18.4 Å². The zero-order chi connectivity index (χ0) is 12.3. The highest BCUT2D eigenvalue weighted by Gasteiger charge is 2.52. The van der Waals surface area contributed by atoms with Crippen LogP contribution in [0.15, 0.2) is 0 Å². The Morgan fingerprint density at radius 1 is 1.50 bits per heavy atom. The molecule has 7 heteroatoms. The number of carboxylic acids is 1. The summed E-state index contributed by atoms with van der Waals surface area (Å²) in [6.45, 7) is 1.29. The summed E-state index contributed by atoms with van der Waals surface area (Å²) in [7, 11) is 0. The van der Waals surface area contributed by atoms with E-state index in [2.05, 4.69) is 10.1 Å². The minimum absolute atomic E-state index is 0.0667. The zero-order valence-electron chi connectivity index (χ0n) is 8.70. The van der Waals surface area contributed by atoms with Gasteiger partial charge in [-0.1, -0.05) is 0 Å². The monoisotopic (exact) mass is 237 g/mol. The first kappa shape index (κ1) is 12.8. The number of esters is 1. The summed E-state index contributed by atoms with van der Waals surface area (Å²) in [5.74, 6) is -6.49. The summed E-state index contributed by atoms with van der Waals surface area (Å²) >= 11 is 0. The molecule has 0 radical (unpaired) electrons. The van der Waals surface area contributed by atoms with E-state index in [0.717, 1.165) is 0 Å². The fourth-order valence-corrected chi connectivity index (χ4v) is 1.59.